The molecule has 0 N–H and O–H groups in total. The maximum Gasteiger partial charge on any atom is 0.123 e. The summed E-state index contributed by atoms with van der Waals surface area (Å²) < 4.78 is 11.1. The minimum Gasteiger partial charge on any atom is -0.491 e. The van der Waals surface area contributed by atoms with Crippen LogP contribution in [0.2, 0.25) is 0 Å². The molecule has 2 nitrogen and oxygen atoms in total. The van der Waals surface area contributed by atoms with Crippen molar-refractivity contribution in [2.45, 2.75) is 83.7 Å². The minimum absolute atomic E-state index is 0.0400. The van der Waals surface area contributed by atoms with Crippen LogP contribution >= 0.6 is 0 Å². The third-order valence-corrected chi connectivity index (χ3v) is 4.83. The Morgan fingerprint density at radius 3 is 2.24 bits per heavy atom. The van der Waals surface area contributed by atoms with Crippen LogP contribution in [0, 0.1) is 0 Å². The monoisotopic (exact) mass is 344 g/mol. The summed E-state index contributed by atoms with van der Waals surface area (Å²) in [6.07, 6.45) is 17.8. The summed E-state index contributed by atoms with van der Waals surface area (Å²) in [5.41, 5.74) is 1.36. The van der Waals surface area contributed by atoms with Crippen molar-refractivity contribution in [1.82, 2.24) is 0 Å². The number of aryl methyl sites for hydroxylation is 1. The molecule has 1 aliphatic rings. The van der Waals surface area contributed by atoms with Gasteiger partial charge in [-0.1, -0.05) is 56.9 Å². The molecule has 0 bridgehead atoms. The fourth-order valence-electron chi connectivity index (χ4n) is 2.89. The van der Waals surface area contributed by atoms with Gasteiger partial charge in [-0.3, -0.25) is 0 Å². The average Bonchev–Trinajstić information content (AvgIpc) is 3.37. The Balaban J connectivity index is 1.47. The zero-order chi connectivity index (χ0) is 17.8. The molecule has 0 radical (unpaired) electrons. The predicted octanol–water partition coefficient (Wildman–Crippen LogP) is 6.48. The largest absolute Gasteiger partial charge is 0.491 e. The molecule has 0 aliphatic carbocycles. The molecule has 1 fully saturated rings. The Morgan fingerprint density at radius 1 is 0.960 bits per heavy atom. The van der Waals surface area contributed by atoms with Gasteiger partial charge >= 0.3 is 0 Å². The van der Waals surface area contributed by atoms with Crippen LogP contribution in [0.4, 0.5) is 0 Å². The SMILES string of the molecule is CCCCCCC/C=C/CCCCc1ccc(OCC2(C)CO2)cc1. The number of hydrogen-bond donors (Lipinski definition) is 0. The summed E-state index contributed by atoms with van der Waals surface area (Å²) in [4.78, 5) is 0. The van der Waals surface area contributed by atoms with Crippen LogP contribution in [0.15, 0.2) is 36.4 Å². The summed E-state index contributed by atoms with van der Waals surface area (Å²) in [5.74, 6) is 0.947. The van der Waals surface area contributed by atoms with Crippen LogP contribution in [0.5, 0.6) is 5.75 Å². The highest BCUT2D eigenvalue weighted by atomic mass is 16.6. The maximum atomic E-state index is 5.77. The van der Waals surface area contributed by atoms with Gasteiger partial charge in [0.15, 0.2) is 0 Å². The van der Waals surface area contributed by atoms with Crippen LogP contribution in [-0.4, -0.2) is 18.8 Å². The lowest BCUT2D eigenvalue weighted by atomic mass is 10.1. The second kappa shape index (κ2) is 11.4. The third-order valence-electron chi connectivity index (χ3n) is 4.83. The van der Waals surface area contributed by atoms with Gasteiger partial charge < -0.3 is 9.47 Å². The highest BCUT2D eigenvalue weighted by Gasteiger charge is 2.40. The molecule has 1 saturated heterocycles. The minimum atomic E-state index is -0.0400. The van der Waals surface area contributed by atoms with Crippen LogP contribution < -0.4 is 4.74 Å². The van der Waals surface area contributed by atoms with Gasteiger partial charge in [-0.05, 0) is 63.1 Å². The Labute approximate surface area is 154 Å². The molecule has 1 aromatic rings. The van der Waals surface area contributed by atoms with Gasteiger partial charge in [-0.2, -0.15) is 0 Å². The molecule has 1 unspecified atom stereocenters. The van der Waals surface area contributed by atoms with Gasteiger partial charge in [0.05, 0.1) is 6.61 Å². The van der Waals surface area contributed by atoms with Crippen LogP contribution in [0.3, 0.4) is 0 Å². The van der Waals surface area contributed by atoms with Crippen LogP contribution in [0.1, 0.15) is 77.2 Å². The second-order valence-corrected chi connectivity index (χ2v) is 7.59. The number of benzene rings is 1. The highest BCUT2D eigenvalue weighted by Crippen LogP contribution is 2.27. The molecule has 1 atom stereocenters. The van der Waals surface area contributed by atoms with E-state index in [-0.39, 0.29) is 5.60 Å². The van der Waals surface area contributed by atoms with Crippen molar-refractivity contribution in [1.29, 1.82) is 0 Å². The van der Waals surface area contributed by atoms with Gasteiger partial charge in [-0.25, -0.2) is 0 Å². The van der Waals surface area contributed by atoms with E-state index in [1.54, 1.807) is 0 Å². The number of epoxide rings is 1. The maximum absolute atomic E-state index is 5.77. The molecule has 140 valence electrons. The zero-order valence-corrected chi connectivity index (χ0v) is 16.3. The van der Waals surface area contributed by atoms with Crippen molar-refractivity contribution in [3.05, 3.63) is 42.0 Å². The van der Waals surface area contributed by atoms with E-state index in [0.29, 0.717) is 6.61 Å². The summed E-state index contributed by atoms with van der Waals surface area (Å²) in [5, 5.41) is 0. The first-order valence-electron chi connectivity index (χ1n) is 10.2. The first-order chi connectivity index (χ1) is 12.2. The molecule has 2 heteroatoms. The number of unbranched alkanes of at least 4 members (excludes halogenated alkanes) is 7. The molecular weight excluding hydrogens is 308 g/mol. The van der Waals surface area contributed by atoms with E-state index in [1.807, 2.05) is 0 Å². The zero-order valence-electron chi connectivity index (χ0n) is 16.3. The molecule has 0 saturated carbocycles. The first-order valence-corrected chi connectivity index (χ1v) is 10.2. The van der Waals surface area contributed by atoms with Crippen molar-refractivity contribution in [3.8, 4) is 5.75 Å². The van der Waals surface area contributed by atoms with Crippen molar-refractivity contribution >= 4 is 0 Å². The fourth-order valence-corrected chi connectivity index (χ4v) is 2.89. The Kier molecular flexibility index (Phi) is 9.10. The molecular formula is C23H36O2. The van der Waals surface area contributed by atoms with Gasteiger partial charge in [0.2, 0.25) is 0 Å². The summed E-state index contributed by atoms with van der Waals surface area (Å²) >= 11 is 0. The lowest BCUT2D eigenvalue weighted by Gasteiger charge is -2.09. The Morgan fingerprint density at radius 2 is 1.60 bits per heavy atom. The van der Waals surface area contributed by atoms with Crippen molar-refractivity contribution in [3.63, 3.8) is 0 Å². The van der Waals surface area contributed by atoms with E-state index >= 15 is 0 Å². The number of hydrogen-bond acceptors (Lipinski definition) is 2. The molecule has 1 heterocycles. The number of ether oxygens (including phenoxy) is 2. The van der Waals surface area contributed by atoms with E-state index in [0.717, 1.165) is 18.8 Å². The molecule has 1 aromatic carbocycles. The fraction of sp³-hybridized carbons (Fsp3) is 0.652. The average molecular weight is 345 g/mol. The molecule has 1 aliphatic heterocycles. The summed E-state index contributed by atoms with van der Waals surface area (Å²) in [7, 11) is 0. The van der Waals surface area contributed by atoms with E-state index in [1.165, 1.54) is 63.4 Å². The Hall–Kier alpha value is -1.28. The van der Waals surface area contributed by atoms with E-state index in [4.69, 9.17) is 9.47 Å². The quantitative estimate of drug-likeness (QED) is 0.219. The van der Waals surface area contributed by atoms with Crippen LogP contribution in [-0.2, 0) is 11.2 Å². The van der Waals surface area contributed by atoms with Gasteiger partial charge in [0.25, 0.3) is 0 Å². The van der Waals surface area contributed by atoms with Crippen molar-refractivity contribution < 1.29 is 9.47 Å². The summed E-state index contributed by atoms with van der Waals surface area (Å²) in [6.45, 7) is 5.82. The van der Waals surface area contributed by atoms with Crippen molar-refractivity contribution in [2.24, 2.45) is 0 Å². The standard InChI is InChI=1S/C23H36O2/c1-3-4-5-6-7-8-9-10-11-12-13-14-21-15-17-22(18-16-21)24-19-23(2)20-25-23/h9-10,15-18H,3-8,11-14,19-20H2,1-2H3/b10-9+. The van der Waals surface area contributed by atoms with Crippen LogP contribution in [0.25, 0.3) is 0 Å². The first kappa shape index (κ1) is 20.0. The number of allylic oxidation sites excluding steroid dienone is 2. The second-order valence-electron chi connectivity index (χ2n) is 7.59. The predicted molar refractivity (Wildman–Crippen MR) is 106 cm³/mol. The molecule has 0 spiro atoms. The van der Waals surface area contributed by atoms with E-state index in [2.05, 4.69) is 50.3 Å². The number of rotatable bonds is 14. The smallest absolute Gasteiger partial charge is 0.123 e. The Bertz CT molecular complexity index is 485. The molecule has 0 amide bonds. The lowest BCUT2D eigenvalue weighted by Crippen LogP contribution is -2.16. The third kappa shape index (κ3) is 9.11. The van der Waals surface area contributed by atoms with E-state index < -0.39 is 0 Å². The van der Waals surface area contributed by atoms with Gasteiger partial charge in [0.1, 0.15) is 18.0 Å². The molecule has 2 rings (SSSR count). The van der Waals surface area contributed by atoms with Gasteiger partial charge in [-0.15, -0.1) is 0 Å². The molecule has 0 aromatic heterocycles. The normalized spacial score (nSPS) is 19.4. The van der Waals surface area contributed by atoms with E-state index in [9.17, 15) is 0 Å². The molecule has 25 heavy (non-hydrogen) atoms. The summed E-state index contributed by atoms with van der Waals surface area (Å²) in [6, 6.07) is 8.55. The highest BCUT2D eigenvalue weighted by molar-refractivity contribution is 5.27. The topological polar surface area (TPSA) is 21.8 Å². The lowest BCUT2D eigenvalue weighted by molar-refractivity contribution is 0.202. The van der Waals surface area contributed by atoms with Gasteiger partial charge in [0, 0.05) is 0 Å². The van der Waals surface area contributed by atoms with Crippen molar-refractivity contribution in [2.75, 3.05) is 13.2 Å².